The molecule has 130 valence electrons. The van der Waals surface area contributed by atoms with Gasteiger partial charge in [-0.2, -0.15) is 0 Å². The monoisotopic (exact) mass is 325 g/mol. The fraction of sp³-hybridized carbons (Fsp3) is 0.529. The number of benzene rings is 1. The first-order valence-corrected chi connectivity index (χ1v) is 7.58. The lowest BCUT2D eigenvalue weighted by molar-refractivity contribution is -0.159. The number of aliphatic carboxylic acids is 2. The zero-order valence-corrected chi connectivity index (χ0v) is 14.3. The summed E-state index contributed by atoms with van der Waals surface area (Å²) in [6.45, 7) is 10.5. The molecule has 0 unspecified atom stereocenters. The zero-order chi connectivity index (χ0) is 17.9. The molecule has 0 radical (unpaired) electrons. The van der Waals surface area contributed by atoms with Crippen molar-refractivity contribution in [1.82, 2.24) is 5.32 Å². The fourth-order valence-corrected chi connectivity index (χ4v) is 1.55. The van der Waals surface area contributed by atoms with Gasteiger partial charge in [-0.3, -0.25) is 0 Å². The summed E-state index contributed by atoms with van der Waals surface area (Å²) in [6, 6.07) is 8.36. The number of carboxylic acid groups (broad SMARTS) is 2. The van der Waals surface area contributed by atoms with Crippen molar-refractivity contribution in [2.24, 2.45) is 0 Å². The average molecular weight is 325 g/mol. The maximum absolute atomic E-state index is 9.10. The van der Waals surface area contributed by atoms with Gasteiger partial charge in [0.1, 0.15) is 5.75 Å². The van der Waals surface area contributed by atoms with Gasteiger partial charge in [0.15, 0.2) is 0 Å². The van der Waals surface area contributed by atoms with Gasteiger partial charge in [0, 0.05) is 5.54 Å². The maximum atomic E-state index is 9.10. The van der Waals surface area contributed by atoms with E-state index in [4.69, 9.17) is 24.5 Å². The molecule has 1 rings (SSSR count). The summed E-state index contributed by atoms with van der Waals surface area (Å²) in [5, 5.41) is 18.2. The van der Waals surface area contributed by atoms with E-state index in [9.17, 15) is 0 Å². The first kappa shape index (κ1) is 20.9. The Labute approximate surface area is 137 Å². The van der Waals surface area contributed by atoms with Gasteiger partial charge in [0.25, 0.3) is 0 Å². The molecule has 6 nitrogen and oxygen atoms in total. The van der Waals surface area contributed by atoms with E-state index in [1.807, 2.05) is 0 Å². The highest BCUT2D eigenvalue weighted by Gasteiger charge is 2.07. The Morgan fingerprint density at radius 3 is 2.00 bits per heavy atom. The molecule has 0 saturated heterocycles. The molecule has 0 saturated carbocycles. The third-order valence-corrected chi connectivity index (χ3v) is 2.76. The van der Waals surface area contributed by atoms with Crippen LogP contribution < -0.4 is 10.1 Å². The molecule has 0 atom stereocenters. The van der Waals surface area contributed by atoms with Crippen LogP contribution in [0.4, 0.5) is 0 Å². The number of ether oxygens (including phenoxy) is 1. The normalized spacial score (nSPS) is 10.4. The second-order valence-corrected chi connectivity index (χ2v) is 5.99. The quantitative estimate of drug-likeness (QED) is 0.549. The van der Waals surface area contributed by atoms with E-state index in [2.05, 4.69) is 57.3 Å². The molecule has 0 aliphatic heterocycles. The van der Waals surface area contributed by atoms with Crippen LogP contribution in [0, 0.1) is 0 Å². The lowest BCUT2D eigenvalue weighted by Gasteiger charge is -2.20. The van der Waals surface area contributed by atoms with Crippen LogP contribution in [-0.2, 0) is 16.0 Å². The van der Waals surface area contributed by atoms with E-state index in [-0.39, 0.29) is 5.54 Å². The van der Waals surface area contributed by atoms with E-state index >= 15 is 0 Å². The highest BCUT2D eigenvalue weighted by molar-refractivity contribution is 6.27. The Bertz CT molecular complexity index is 465. The van der Waals surface area contributed by atoms with Gasteiger partial charge in [-0.15, -0.1) is 0 Å². The second-order valence-electron chi connectivity index (χ2n) is 5.99. The molecule has 1 aromatic carbocycles. The number of aryl methyl sites for hydroxylation is 1. The summed E-state index contributed by atoms with van der Waals surface area (Å²) in [4.78, 5) is 18.2. The molecule has 0 aromatic heterocycles. The topological polar surface area (TPSA) is 95.9 Å². The van der Waals surface area contributed by atoms with Gasteiger partial charge in [0.2, 0.25) is 0 Å². The van der Waals surface area contributed by atoms with Crippen molar-refractivity contribution >= 4 is 11.9 Å². The Hall–Kier alpha value is -2.08. The summed E-state index contributed by atoms with van der Waals surface area (Å²) in [5.41, 5.74) is 1.55. The minimum Gasteiger partial charge on any atom is -0.494 e. The Balaban J connectivity index is 0.000000688. The van der Waals surface area contributed by atoms with Crippen LogP contribution in [0.2, 0.25) is 0 Å². The Kier molecular flexibility index (Phi) is 9.65. The molecule has 3 N–H and O–H groups in total. The average Bonchev–Trinajstić information content (AvgIpc) is 2.47. The van der Waals surface area contributed by atoms with Crippen molar-refractivity contribution in [3.05, 3.63) is 29.8 Å². The molecule has 23 heavy (non-hydrogen) atoms. The molecule has 1 aromatic rings. The minimum absolute atomic E-state index is 0.197. The molecule has 0 aliphatic rings. The summed E-state index contributed by atoms with van der Waals surface area (Å²) in [7, 11) is 0. The molecule has 0 heterocycles. The predicted octanol–water partition coefficient (Wildman–Crippen LogP) is 2.56. The van der Waals surface area contributed by atoms with E-state index in [0.29, 0.717) is 0 Å². The van der Waals surface area contributed by atoms with Crippen LogP contribution in [-0.4, -0.2) is 40.8 Å². The van der Waals surface area contributed by atoms with Crippen molar-refractivity contribution in [2.45, 2.75) is 46.1 Å². The van der Waals surface area contributed by atoms with Crippen molar-refractivity contribution in [3.8, 4) is 5.75 Å². The third-order valence-electron chi connectivity index (χ3n) is 2.76. The van der Waals surface area contributed by atoms with Crippen LogP contribution in [0.1, 0.15) is 39.7 Å². The Morgan fingerprint density at radius 2 is 1.61 bits per heavy atom. The predicted molar refractivity (Wildman–Crippen MR) is 89.0 cm³/mol. The van der Waals surface area contributed by atoms with Crippen LogP contribution in [0.3, 0.4) is 0 Å². The van der Waals surface area contributed by atoms with Crippen LogP contribution in [0.25, 0.3) is 0 Å². The number of hydrogen-bond acceptors (Lipinski definition) is 4. The summed E-state index contributed by atoms with van der Waals surface area (Å²) in [6.07, 6.45) is 2.11. The summed E-state index contributed by atoms with van der Waals surface area (Å²) >= 11 is 0. The number of rotatable bonds is 6. The lowest BCUT2D eigenvalue weighted by atomic mass is 10.1. The maximum Gasteiger partial charge on any atom is 0.414 e. The van der Waals surface area contributed by atoms with E-state index in [1.54, 1.807) is 0 Å². The first-order chi connectivity index (χ1) is 10.7. The standard InChI is InChI=1S/C15H25NO.C2H2O4/c1-5-13-7-9-14(10-8-13)17-12-6-11-16-15(2,3)4;3-1(4)2(5)6/h7-10,16H,5-6,11-12H2,1-4H3;(H,3,4)(H,5,6). The summed E-state index contributed by atoms with van der Waals surface area (Å²) in [5.74, 6) is -2.68. The van der Waals surface area contributed by atoms with Crippen LogP contribution in [0.5, 0.6) is 5.75 Å². The van der Waals surface area contributed by atoms with Crippen molar-refractivity contribution in [1.29, 1.82) is 0 Å². The zero-order valence-electron chi connectivity index (χ0n) is 14.3. The highest BCUT2D eigenvalue weighted by Crippen LogP contribution is 2.12. The molecular weight excluding hydrogens is 298 g/mol. The van der Waals surface area contributed by atoms with Gasteiger partial charge in [-0.1, -0.05) is 19.1 Å². The highest BCUT2D eigenvalue weighted by atomic mass is 16.5. The first-order valence-electron chi connectivity index (χ1n) is 7.58. The second kappa shape index (κ2) is 10.6. The molecule has 0 fully saturated rings. The number of carbonyl (C=O) groups is 2. The van der Waals surface area contributed by atoms with Gasteiger partial charge in [-0.25, -0.2) is 9.59 Å². The number of nitrogens with one attached hydrogen (secondary N) is 1. The third kappa shape index (κ3) is 12.2. The Morgan fingerprint density at radius 1 is 1.09 bits per heavy atom. The molecule has 0 amide bonds. The number of carboxylic acids is 2. The summed E-state index contributed by atoms with van der Waals surface area (Å²) < 4.78 is 5.68. The molecule has 0 bridgehead atoms. The van der Waals surface area contributed by atoms with Gasteiger partial charge >= 0.3 is 11.9 Å². The molecular formula is C17H27NO5. The van der Waals surface area contributed by atoms with E-state index in [1.165, 1.54) is 5.56 Å². The molecule has 0 spiro atoms. The minimum atomic E-state index is -1.82. The number of hydrogen-bond donors (Lipinski definition) is 3. The van der Waals surface area contributed by atoms with E-state index < -0.39 is 11.9 Å². The molecule has 0 aliphatic carbocycles. The smallest absolute Gasteiger partial charge is 0.414 e. The van der Waals surface area contributed by atoms with Crippen molar-refractivity contribution in [3.63, 3.8) is 0 Å². The van der Waals surface area contributed by atoms with Crippen molar-refractivity contribution in [2.75, 3.05) is 13.2 Å². The van der Waals surface area contributed by atoms with Crippen LogP contribution in [0.15, 0.2) is 24.3 Å². The van der Waals surface area contributed by atoms with E-state index in [0.717, 1.165) is 31.7 Å². The SMILES string of the molecule is CCc1ccc(OCCCNC(C)(C)C)cc1.O=C(O)C(=O)O. The van der Waals surface area contributed by atoms with Crippen LogP contribution >= 0.6 is 0 Å². The van der Waals surface area contributed by atoms with Gasteiger partial charge < -0.3 is 20.3 Å². The van der Waals surface area contributed by atoms with Crippen molar-refractivity contribution < 1.29 is 24.5 Å². The largest absolute Gasteiger partial charge is 0.494 e. The van der Waals surface area contributed by atoms with Gasteiger partial charge in [0.05, 0.1) is 6.61 Å². The lowest BCUT2D eigenvalue weighted by Crippen LogP contribution is -2.36. The molecule has 6 heteroatoms. The van der Waals surface area contributed by atoms with Gasteiger partial charge in [-0.05, 0) is 57.9 Å². The fourth-order valence-electron chi connectivity index (χ4n) is 1.55.